The molecule has 1 saturated heterocycles. The molecule has 1 heterocycles. The molecule has 2 amide bonds. The van der Waals surface area contributed by atoms with Gasteiger partial charge in [0.1, 0.15) is 5.60 Å². The van der Waals surface area contributed by atoms with Crippen LogP contribution < -0.4 is 5.32 Å². The van der Waals surface area contributed by atoms with E-state index < -0.39 is 19.8 Å². The molecule has 0 unspecified atom stereocenters. The highest BCUT2D eigenvalue weighted by Crippen LogP contribution is 2.29. The number of nitrogens with zero attached hydrogens (tertiary/aromatic N) is 1. The monoisotopic (exact) mass is 434 g/mol. The molecular weight excluding hydrogens is 396 g/mol. The molecule has 0 radical (unpaired) electrons. The lowest BCUT2D eigenvalue weighted by atomic mass is 9.89. The summed E-state index contributed by atoms with van der Waals surface area (Å²) in [5.41, 5.74) is 1.80. The van der Waals surface area contributed by atoms with Crippen LogP contribution in [0.25, 0.3) is 0 Å². The molecule has 0 saturated carbocycles. The molecule has 0 bridgehead atoms. The third-order valence-electron chi connectivity index (χ3n) is 5.09. The minimum atomic E-state index is -1.19. The van der Waals surface area contributed by atoms with E-state index in [2.05, 4.69) is 37.1 Å². The van der Waals surface area contributed by atoms with Crippen molar-refractivity contribution >= 4 is 20.3 Å². The van der Waals surface area contributed by atoms with Gasteiger partial charge in [0.15, 0.2) is 0 Å². The fraction of sp³-hybridized carbons (Fsp3) is 0.652. The number of benzene rings is 1. The lowest BCUT2D eigenvalue weighted by Gasteiger charge is -2.32. The van der Waals surface area contributed by atoms with Crippen LogP contribution in [0.2, 0.25) is 25.7 Å². The van der Waals surface area contributed by atoms with Crippen molar-refractivity contribution in [2.75, 3.05) is 19.7 Å². The molecule has 7 heteroatoms. The number of carbonyl (C=O) groups is 2. The molecule has 2 rings (SSSR count). The summed E-state index contributed by atoms with van der Waals surface area (Å²) in [6.07, 6.45) is 1.26. The molecule has 30 heavy (non-hydrogen) atoms. The Balaban J connectivity index is 1.81. The van der Waals surface area contributed by atoms with Crippen LogP contribution >= 0.6 is 0 Å². The predicted molar refractivity (Wildman–Crippen MR) is 123 cm³/mol. The van der Waals surface area contributed by atoms with Crippen LogP contribution in [0, 0.1) is 0 Å². The molecule has 1 aromatic carbocycles. The lowest BCUT2D eigenvalue weighted by molar-refractivity contribution is 0.0523. The van der Waals surface area contributed by atoms with Crippen molar-refractivity contribution in [1.82, 2.24) is 10.2 Å². The van der Waals surface area contributed by atoms with Crippen LogP contribution in [0.3, 0.4) is 0 Å². The van der Waals surface area contributed by atoms with E-state index in [0.29, 0.717) is 19.1 Å². The van der Waals surface area contributed by atoms with Crippen molar-refractivity contribution < 1.29 is 19.1 Å². The van der Waals surface area contributed by atoms with Gasteiger partial charge >= 0.3 is 12.2 Å². The Morgan fingerprint density at radius 3 is 2.43 bits per heavy atom. The second kappa shape index (κ2) is 10.3. The minimum Gasteiger partial charge on any atom is -0.450 e. The third kappa shape index (κ3) is 8.77. The standard InChI is InChI=1S/C23H38N2O4Si/c1-23(2,3)29-21(26)24-17-18-8-7-9-20(16-18)19-10-12-25(13-11-19)22(27)28-14-15-30(4,5)6/h7-9,16,19H,10-15,17H2,1-6H3,(H,24,26). The van der Waals surface area contributed by atoms with E-state index in [1.54, 1.807) is 0 Å². The number of rotatable bonds is 6. The van der Waals surface area contributed by atoms with Crippen molar-refractivity contribution in [2.45, 2.75) is 77.4 Å². The van der Waals surface area contributed by atoms with Crippen molar-refractivity contribution in [3.63, 3.8) is 0 Å². The van der Waals surface area contributed by atoms with Crippen molar-refractivity contribution in [2.24, 2.45) is 0 Å². The number of piperidine rings is 1. The Kier molecular flexibility index (Phi) is 8.35. The van der Waals surface area contributed by atoms with Gasteiger partial charge in [-0.3, -0.25) is 0 Å². The molecule has 0 aliphatic carbocycles. The maximum Gasteiger partial charge on any atom is 0.409 e. The van der Waals surface area contributed by atoms with Gasteiger partial charge in [-0.05, 0) is 56.7 Å². The molecule has 6 nitrogen and oxygen atoms in total. The molecular formula is C23H38N2O4Si. The van der Waals surface area contributed by atoms with E-state index >= 15 is 0 Å². The topological polar surface area (TPSA) is 67.9 Å². The van der Waals surface area contributed by atoms with Gasteiger partial charge in [0.2, 0.25) is 0 Å². The number of hydrogen-bond donors (Lipinski definition) is 1. The van der Waals surface area contributed by atoms with E-state index in [4.69, 9.17) is 9.47 Å². The first-order chi connectivity index (χ1) is 13.9. The maximum atomic E-state index is 12.3. The molecule has 1 aromatic rings. The normalized spacial score (nSPS) is 15.6. The van der Waals surface area contributed by atoms with Gasteiger partial charge < -0.3 is 19.7 Å². The number of likely N-dealkylation sites (tertiary alicyclic amines) is 1. The summed E-state index contributed by atoms with van der Waals surface area (Å²) in [5, 5.41) is 2.81. The number of ether oxygens (including phenoxy) is 2. The van der Waals surface area contributed by atoms with Crippen LogP contribution in [0.1, 0.15) is 50.7 Å². The van der Waals surface area contributed by atoms with E-state index in [1.165, 1.54) is 5.56 Å². The summed E-state index contributed by atoms with van der Waals surface area (Å²) in [4.78, 5) is 26.0. The largest absolute Gasteiger partial charge is 0.450 e. The Morgan fingerprint density at radius 2 is 1.83 bits per heavy atom. The van der Waals surface area contributed by atoms with Crippen LogP contribution in [0.4, 0.5) is 9.59 Å². The summed E-state index contributed by atoms with van der Waals surface area (Å²) in [6, 6.07) is 9.30. The summed E-state index contributed by atoms with van der Waals surface area (Å²) in [6.45, 7) is 14.8. The average molecular weight is 435 g/mol. The van der Waals surface area contributed by atoms with E-state index in [0.717, 1.165) is 37.5 Å². The number of carbonyl (C=O) groups excluding carboxylic acids is 2. The zero-order valence-corrected chi connectivity index (χ0v) is 20.4. The molecule has 1 aliphatic rings. The van der Waals surface area contributed by atoms with Crippen LogP contribution in [-0.2, 0) is 16.0 Å². The first kappa shape index (κ1) is 24.2. The predicted octanol–water partition coefficient (Wildman–Crippen LogP) is 5.37. The molecule has 0 aromatic heterocycles. The number of nitrogens with one attached hydrogen (secondary N) is 1. The van der Waals surface area contributed by atoms with Gasteiger partial charge in [0.05, 0.1) is 6.61 Å². The number of hydrogen-bond acceptors (Lipinski definition) is 4. The lowest BCUT2D eigenvalue weighted by Crippen LogP contribution is -2.38. The van der Waals surface area contributed by atoms with E-state index in [-0.39, 0.29) is 6.09 Å². The summed E-state index contributed by atoms with van der Waals surface area (Å²) in [7, 11) is -1.19. The first-order valence-corrected chi connectivity index (χ1v) is 14.6. The highest BCUT2D eigenvalue weighted by atomic mass is 28.3. The zero-order chi connectivity index (χ0) is 22.4. The van der Waals surface area contributed by atoms with Crippen LogP contribution in [0.15, 0.2) is 24.3 Å². The Labute approximate surface area is 182 Å². The minimum absolute atomic E-state index is 0.179. The Morgan fingerprint density at radius 1 is 1.17 bits per heavy atom. The second-order valence-corrected chi connectivity index (χ2v) is 15.9. The van der Waals surface area contributed by atoms with Crippen LogP contribution in [-0.4, -0.2) is 50.5 Å². The number of amides is 2. The van der Waals surface area contributed by atoms with Crippen molar-refractivity contribution in [3.8, 4) is 0 Å². The SMILES string of the molecule is CC(C)(C)OC(=O)NCc1cccc(C2CCN(C(=O)OCC[Si](C)(C)C)CC2)c1. The van der Waals surface area contributed by atoms with Gasteiger partial charge in [0.25, 0.3) is 0 Å². The molecule has 1 fully saturated rings. The molecule has 168 valence electrons. The molecule has 0 spiro atoms. The number of alkyl carbamates (subject to hydrolysis) is 1. The quantitative estimate of drug-likeness (QED) is 0.612. The second-order valence-electron chi connectivity index (χ2n) is 10.3. The Bertz CT molecular complexity index is 717. The summed E-state index contributed by atoms with van der Waals surface area (Å²) < 4.78 is 10.8. The van der Waals surface area contributed by atoms with Gasteiger partial charge in [-0.2, -0.15) is 0 Å². The fourth-order valence-electron chi connectivity index (χ4n) is 3.38. The van der Waals surface area contributed by atoms with E-state index in [1.807, 2.05) is 37.8 Å². The smallest absolute Gasteiger partial charge is 0.409 e. The molecule has 1 aliphatic heterocycles. The van der Waals surface area contributed by atoms with Gasteiger partial charge in [-0.25, -0.2) is 9.59 Å². The van der Waals surface area contributed by atoms with Crippen molar-refractivity contribution in [1.29, 1.82) is 0 Å². The highest BCUT2D eigenvalue weighted by Gasteiger charge is 2.25. The van der Waals surface area contributed by atoms with Crippen LogP contribution in [0.5, 0.6) is 0 Å². The Hall–Kier alpha value is -2.02. The fourth-order valence-corrected chi connectivity index (χ4v) is 4.09. The zero-order valence-electron chi connectivity index (χ0n) is 19.4. The van der Waals surface area contributed by atoms with Gasteiger partial charge in [-0.1, -0.05) is 43.9 Å². The highest BCUT2D eigenvalue weighted by molar-refractivity contribution is 6.76. The first-order valence-electron chi connectivity index (χ1n) is 10.9. The third-order valence-corrected chi connectivity index (χ3v) is 6.79. The van der Waals surface area contributed by atoms with Gasteiger partial charge in [0, 0.05) is 27.7 Å². The average Bonchev–Trinajstić information content (AvgIpc) is 2.64. The van der Waals surface area contributed by atoms with Crippen molar-refractivity contribution in [3.05, 3.63) is 35.4 Å². The molecule has 1 N–H and O–H groups in total. The van der Waals surface area contributed by atoms with E-state index in [9.17, 15) is 9.59 Å². The summed E-state index contributed by atoms with van der Waals surface area (Å²) in [5.74, 6) is 0.414. The maximum absolute atomic E-state index is 12.3. The summed E-state index contributed by atoms with van der Waals surface area (Å²) >= 11 is 0. The van der Waals surface area contributed by atoms with Gasteiger partial charge in [-0.15, -0.1) is 0 Å². The molecule has 0 atom stereocenters.